The largest absolute Gasteiger partial charge is 0.504 e. The lowest BCUT2D eigenvalue weighted by molar-refractivity contribution is 0.0949. The monoisotopic (exact) mass is 252 g/mol. The maximum atomic E-state index is 11.8. The number of carbonyl (C=O) groups excluding carboxylic acids is 1. The Morgan fingerprint density at radius 2 is 2.17 bits per heavy atom. The Labute approximate surface area is 107 Å². The first-order valence-corrected chi connectivity index (χ1v) is 5.86. The summed E-state index contributed by atoms with van der Waals surface area (Å²) < 4.78 is 4.91. The quantitative estimate of drug-likeness (QED) is 0.733. The molecule has 0 saturated heterocycles. The van der Waals surface area contributed by atoms with E-state index in [1.807, 2.05) is 13.8 Å². The van der Waals surface area contributed by atoms with Gasteiger partial charge in [0.25, 0.3) is 5.91 Å². The molecule has 0 fully saturated rings. The summed E-state index contributed by atoms with van der Waals surface area (Å²) in [5, 5.41) is 12.3. The Morgan fingerprint density at radius 3 is 2.67 bits per heavy atom. The van der Waals surface area contributed by atoms with E-state index in [0.717, 1.165) is 0 Å². The van der Waals surface area contributed by atoms with Crippen molar-refractivity contribution >= 4 is 5.91 Å². The van der Waals surface area contributed by atoms with Gasteiger partial charge < -0.3 is 20.9 Å². The first-order chi connectivity index (χ1) is 8.45. The fourth-order valence-electron chi connectivity index (χ4n) is 1.38. The molecule has 18 heavy (non-hydrogen) atoms. The van der Waals surface area contributed by atoms with E-state index < -0.39 is 0 Å². The number of phenolic OH excluding ortho intramolecular Hbond substituents is 1. The van der Waals surface area contributed by atoms with Crippen molar-refractivity contribution in [3.8, 4) is 11.5 Å². The molecule has 5 heteroatoms. The van der Waals surface area contributed by atoms with Gasteiger partial charge in [-0.05, 0) is 24.1 Å². The topological polar surface area (TPSA) is 84.6 Å². The number of hydrogen-bond donors (Lipinski definition) is 3. The Bertz CT molecular complexity index is 419. The fourth-order valence-corrected chi connectivity index (χ4v) is 1.38. The maximum absolute atomic E-state index is 11.8. The van der Waals surface area contributed by atoms with Gasteiger partial charge in [-0.15, -0.1) is 0 Å². The molecule has 4 N–H and O–H groups in total. The first-order valence-electron chi connectivity index (χ1n) is 5.86. The Balaban J connectivity index is 2.65. The van der Waals surface area contributed by atoms with Crippen molar-refractivity contribution in [2.24, 2.45) is 11.7 Å². The summed E-state index contributed by atoms with van der Waals surface area (Å²) in [5.41, 5.74) is 6.21. The van der Waals surface area contributed by atoms with Crippen LogP contribution in [0, 0.1) is 5.92 Å². The molecule has 0 spiro atoms. The van der Waals surface area contributed by atoms with Gasteiger partial charge in [0.1, 0.15) is 0 Å². The van der Waals surface area contributed by atoms with Gasteiger partial charge in [0.2, 0.25) is 0 Å². The second-order valence-corrected chi connectivity index (χ2v) is 4.50. The molecular weight excluding hydrogens is 232 g/mol. The minimum atomic E-state index is -0.260. The minimum Gasteiger partial charge on any atom is -0.504 e. The third-order valence-corrected chi connectivity index (χ3v) is 2.80. The average Bonchev–Trinajstić information content (AvgIpc) is 2.35. The third-order valence-electron chi connectivity index (χ3n) is 2.80. The number of rotatable bonds is 5. The molecule has 1 aromatic carbocycles. The number of carbonyl (C=O) groups is 1. The van der Waals surface area contributed by atoms with E-state index in [0.29, 0.717) is 23.8 Å². The molecule has 0 bridgehead atoms. The van der Waals surface area contributed by atoms with E-state index in [-0.39, 0.29) is 17.7 Å². The highest BCUT2D eigenvalue weighted by Crippen LogP contribution is 2.26. The van der Waals surface area contributed by atoms with Gasteiger partial charge in [0.05, 0.1) is 7.11 Å². The van der Waals surface area contributed by atoms with E-state index in [1.54, 1.807) is 12.1 Å². The summed E-state index contributed by atoms with van der Waals surface area (Å²) in [5.74, 6) is 0.322. The molecule has 1 atom stereocenters. The molecule has 1 aromatic rings. The van der Waals surface area contributed by atoms with Crippen LogP contribution >= 0.6 is 0 Å². The zero-order valence-electron chi connectivity index (χ0n) is 10.9. The Hall–Kier alpha value is -1.75. The van der Waals surface area contributed by atoms with E-state index in [1.165, 1.54) is 13.2 Å². The first kappa shape index (κ1) is 14.3. The van der Waals surface area contributed by atoms with Crippen molar-refractivity contribution in [1.29, 1.82) is 0 Å². The number of methoxy groups -OCH3 is 1. The van der Waals surface area contributed by atoms with Crippen LogP contribution in [0.4, 0.5) is 0 Å². The lowest BCUT2D eigenvalue weighted by Gasteiger charge is -2.16. The number of benzene rings is 1. The standard InChI is InChI=1S/C13H20N2O3/c1-8(2)10(14)7-15-13(17)9-4-5-12(18-3)11(16)6-9/h4-6,8,10,16H,7,14H2,1-3H3,(H,15,17). The number of nitrogens with one attached hydrogen (secondary N) is 1. The van der Waals surface area contributed by atoms with E-state index in [4.69, 9.17) is 10.5 Å². The lowest BCUT2D eigenvalue weighted by Crippen LogP contribution is -2.40. The van der Waals surface area contributed by atoms with Crippen molar-refractivity contribution < 1.29 is 14.6 Å². The summed E-state index contributed by atoms with van der Waals surface area (Å²) in [7, 11) is 1.45. The Morgan fingerprint density at radius 1 is 1.50 bits per heavy atom. The van der Waals surface area contributed by atoms with E-state index >= 15 is 0 Å². The van der Waals surface area contributed by atoms with Crippen LogP contribution in [0.5, 0.6) is 11.5 Å². The maximum Gasteiger partial charge on any atom is 0.251 e. The minimum absolute atomic E-state index is 0.0571. The zero-order chi connectivity index (χ0) is 13.7. The number of aromatic hydroxyl groups is 1. The molecule has 0 aliphatic rings. The van der Waals surface area contributed by atoms with Crippen LogP contribution < -0.4 is 15.8 Å². The number of nitrogens with two attached hydrogens (primary N) is 1. The molecule has 100 valence electrons. The fraction of sp³-hybridized carbons (Fsp3) is 0.462. The normalized spacial score (nSPS) is 12.3. The molecule has 0 aliphatic heterocycles. The average molecular weight is 252 g/mol. The summed E-state index contributed by atoms with van der Waals surface area (Å²) in [6.07, 6.45) is 0. The third kappa shape index (κ3) is 3.63. The molecule has 1 amide bonds. The van der Waals surface area contributed by atoms with Crippen molar-refractivity contribution in [3.05, 3.63) is 23.8 Å². The number of hydrogen-bond acceptors (Lipinski definition) is 4. The summed E-state index contributed by atoms with van der Waals surface area (Å²) in [4.78, 5) is 11.8. The highest BCUT2D eigenvalue weighted by molar-refractivity contribution is 5.94. The molecule has 0 saturated carbocycles. The van der Waals surface area contributed by atoms with Crippen LogP contribution in [0.15, 0.2) is 18.2 Å². The van der Waals surface area contributed by atoms with Crippen molar-refractivity contribution in [3.63, 3.8) is 0 Å². The van der Waals surface area contributed by atoms with Gasteiger partial charge in [0, 0.05) is 18.2 Å². The lowest BCUT2D eigenvalue weighted by atomic mass is 10.1. The molecule has 5 nitrogen and oxygen atoms in total. The SMILES string of the molecule is COc1ccc(C(=O)NCC(N)C(C)C)cc1O. The second-order valence-electron chi connectivity index (χ2n) is 4.50. The molecule has 1 unspecified atom stereocenters. The highest BCUT2D eigenvalue weighted by Gasteiger charge is 2.12. The predicted octanol–water partition coefficient (Wildman–Crippen LogP) is 1.11. The van der Waals surface area contributed by atoms with Crippen molar-refractivity contribution in [1.82, 2.24) is 5.32 Å². The summed E-state index contributed by atoms with van der Waals surface area (Å²) in [6.45, 7) is 4.40. The van der Waals surface area contributed by atoms with Crippen LogP contribution in [-0.2, 0) is 0 Å². The van der Waals surface area contributed by atoms with E-state index in [2.05, 4.69) is 5.32 Å². The predicted molar refractivity (Wildman–Crippen MR) is 69.8 cm³/mol. The zero-order valence-corrected chi connectivity index (χ0v) is 10.9. The van der Waals surface area contributed by atoms with Gasteiger partial charge in [0.15, 0.2) is 11.5 Å². The molecule has 0 radical (unpaired) electrons. The summed E-state index contributed by atoms with van der Waals surface area (Å²) in [6, 6.07) is 4.43. The number of amides is 1. The van der Waals surface area contributed by atoms with Crippen molar-refractivity contribution in [2.45, 2.75) is 19.9 Å². The van der Waals surface area contributed by atoms with Crippen LogP contribution in [0.1, 0.15) is 24.2 Å². The van der Waals surface area contributed by atoms with Gasteiger partial charge in [-0.3, -0.25) is 4.79 Å². The van der Waals surface area contributed by atoms with Gasteiger partial charge in [-0.1, -0.05) is 13.8 Å². The smallest absolute Gasteiger partial charge is 0.251 e. The van der Waals surface area contributed by atoms with Crippen LogP contribution in [0.3, 0.4) is 0 Å². The van der Waals surface area contributed by atoms with Gasteiger partial charge in [-0.2, -0.15) is 0 Å². The van der Waals surface area contributed by atoms with Crippen LogP contribution in [-0.4, -0.2) is 30.7 Å². The summed E-state index contributed by atoms with van der Waals surface area (Å²) >= 11 is 0. The second kappa shape index (κ2) is 6.26. The molecular formula is C13H20N2O3. The van der Waals surface area contributed by atoms with Crippen LogP contribution in [0.25, 0.3) is 0 Å². The van der Waals surface area contributed by atoms with Crippen molar-refractivity contribution in [2.75, 3.05) is 13.7 Å². The number of phenols is 1. The molecule has 0 heterocycles. The number of ether oxygens (including phenoxy) is 1. The molecule has 0 aromatic heterocycles. The van der Waals surface area contributed by atoms with Crippen LogP contribution in [0.2, 0.25) is 0 Å². The van der Waals surface area contributed by atoms with Gasteiger partial charge in [-0.25, -0.2) is 0 Å². The highest BCUT2D eigenvalue weighted by atomic mass is 16.5. The van der Waals surface area contributed by atoms with Gasteiger partial charge >= 0.3 is 0 Å². The molecule has 0 aliphatic carbocycles. The Kier molecular flexibility index (Phi) is 4.97. The molecule has 1 rings (SSSR count). The van der Waals surface area contributed by atoms with E-state index in [9.17, 15) is 9.90 Å².